The monoisotopic (exact) mass is 528 g/mol. The number of hydrogen-bond donors (Lipinski definition) is 5. The maximum atomic E-state index is 12.6. The molecule has 38 heavy (non-hydrogen) atoms. The molecule has 14 heteroatoms. The Balaban J connectivity index is 1.36. The fourth-order valence-corrected chi connectivity index (χ4v) is 4.30. The van der Waals surface area contributed by atoms with E-state index in [2.05, 4.69) is 25.6 Å². The van der Waals surface area contributed by atoms with Gasteiger partial charge in [-0.2, -0.15) is 0 Å². The number of aliphatic hydroxyl groups is 2. The van der Waals surface area contributed by atoms with Gasteiger partial charge in [0.05, 0.1) is 38.7 Å². The van der Waals surface area contributed by atoms with Crippen molar-refractivity contribution >= 4 is 28.8 Å². The van der Waals surface area contributed by atoms with E-state index in [1.165, 1.54) is 17.2 Å². The molecule has 5 atom stereocenters. The number of aliphatic hydroxyl groups excluding tert-OH is 2. The van der Waals surface area contributed by atoms with E-state index in [0.717, 1.165) is 5.56 Å². The smallest absolute Gasteiger partial charge is 0.239 e. The molecule has 1 saturated heterocycles. The summed E-state index contributed by atoms with van der Waals surface area (Å²) >= 11 is 0. The minimum absolute atomic E-state index is 0.277. The average Bonchev–Trinajstić information content (AvgIpc) is 3.48. The Morgan fingerprint density at radius 1 is 1.24 bits per heavy atom. The zero-order chi connectivity index (χ0) is 27.4. The molecule has 0 radical (unpaired) electrons. The number of rotatable bonds is 10. The molecule has 2 unspecified atom stereocenters. The molecule has 0 aliphatic carbocycles. The molecule has 6 N–H and O–H groups in total. The highest BCUT2D eigenvalue weighted by atomic mass is 16.5. The van der Waals surface area contributed by atoms with E-state index in [4.69, 9.17) is 15.2 Å². The summed E-state index contributed by atoms with van der Waals surface area (Å²) in [6.07, 6.45) is 0.00296. The number of ether oxygens (including phenoxy) is 2. The van der Waals surface area contributed by atoms with Crippen LogP contribution in [0.4, 0.5) is 5.82 Å². The zero-order valence-electron chi connectivity index (χ0n) is 21.3. The average molecular weight is 529 g/mol. The molecule has 0 saturated carbocycles. The first-order valence-corrected chi connectivity index (χ1v) is 12.0. The topological polar surface area (TPSA) is 190 Å². The highest BCUT2D eigenvalue weighted by molar-refractivity contribution is 5.87. The van der Waals surface area contributed by atoms with Gasteiger partial charge in [0.2, 0.25) is 11.8 Å². The lowest BCUT2D eigenvalue weighted by molar-refractivity contribution is -0.127. The summed E-state index contributed by atoms with van der Waals surface area (Å²) in [5.41, 5.74) is 7.77. The van der Waals surface area contributed by atoms with Crippen molar-refractivity contribution in [2.75, 3.05) is 39.3 Å². The van der Waals surface area contributed by atoms with Gasteiger partial charge in [0.25, 0.3) is 0 Å². The van der Waals surface area contributed by atoms with Crippen LogP contribution in [-0.2, 0) is 20.7 Å². The van der Waals surface area contributed by atoms with Crippen molar-refractivity contribution in [2.45, 2.75) is 36.9 Å². The Kier molecular flexibility index (Phi) is 8.36. The standard InChI is InChI=1S/C24H32N8O6/c1-31(2)21-19-22(28-11-27-21)32(12-29-19)24-20(35)18(16(10-33)38-24)30-17(34)9-26-23(36)15(25)8-13-4-6-14(37-3)7-5-13/h4-7,11-12,15-16,18,20,24,33,35H,8-10,25H2,1-3H3,(H,26,36)(H,30,34)/t15-,16+,18?,20?,24+/m0/s1. The maximum Gasteiger partial charge on any atom is 0.239 e. The van der Waals surface area contributed by atoms with Gasteiger partial charge in [0, 0.05) is 14.1 Å². The minimum atomic E-state index is -1.24. The molecule has 2 aromatic heterocycles. The summed E-state index contributed by atoms with van der Waals surface area (Å²) in [4.78, 5) is 39.6. The van der Waals surface area contributed by atoms with Crippen molar-refractivity contribution in [2.24, 2.45) is 5.73 Å². The van der Waals surface area contributed by atoms with E-state index < -0.39 is 48.9 Å². The number of anilines is 1. The van der Waals surface area contributed by atoms with Gasteiger partial charge in [-0.1, -0.05) is 12.1 Å². The Hall–Kier alpha value is -3.85. The predicted molar refractivity (Wildman–Crippen MR) is 136 cm³/mol. The predicted octanol–water partition coefficient (Wildman–Crippen LogP) is -1.68. The van der Waals surface area contributed by atoms with Crippen molar-refractivity contribution in [3.63, 3.8) is 0 Å². The fraction of sp³-hybridized carbons (Fsp3) is 0.458. The van der Waals surface area contributed by atoms with Crippen LogP contribution in [0, 0.1) is 0 Å². The Morgan fingerprint density at radius 2 is 1.97 bits per heavy atom. The van der Waals surface area contributed by atoms with Gasteiger partial charge >= 0.3 is 0 Å². The molecule has 2 amide bonds. The van der Waals surface area contributed by atoms with Gasteiger partial charge in [-0.05, 0) is 24.1 Å². The van der Waals surface area contributed by atoms with Gasteiger partial charge in [0.1, 0.15) is 24.3 Å². The third-order valence-electron chi connectivity index (χ3n) is 6.29. The van der Waals surface area contributed by atoms with Crippen LogP contribution in [0.25, 0.3) is 11.2 Å². The lowest BCUT2D eigenvalue weighted by atomic mass is 10.1. The molecular formula is C24H32N8O6. The molecule has 1 fully saturated rings. The second-order valence-corrected chi connectivity index (χ2v) is 9.12. The second kappa shape index (κ2) is 11.7. The molecule has 14 nitrogen and oxygen atoms in total. The summed E-state index contributed by atoms with van der Waals surface area (Å²) in [6.45, 7) is -0.823. The number of carbonyl (C=O) groups is 2. The van der Waals surface area contributed by atoms with Gasteiger partial charge in [-0.15, -0.1) is 0 Å². The number of hydrogen-bond acceptors (Lipinski definition) is 11. The zero-order valence-corrected chi connectivity index (χ0v) is 21.3. The summed E-state index contributed by atoms with van der Waals surface area (Å²) in [5, 5.41) is 26.0. The summed E-state index contributed by atoms with van der Waals surface area (Å²) in [6, 6.07) is 5.34. The van der Waals surface area contributed by atoms with E-state index >= 15 is 0 Å². The highest BCUT2D eigenvalue weighted by Crippen LogP contribution is 2.32. The fourth-order valence-electron chi connectivity index (χ4n) is 4.30. The SMILES string of the molecule is COc1ccc(C[C@H](N)C(=O)NCC(=O)NC2C(O)[C@H](n3cnc4c(N(C)C)ncnc43)O[C@@H]2CO)cc1. The largest absolute Gasteiger partial charge is 0.497 e. The molecule has 204 valence electrons. The molecule has 1 aromatic carbocycles. The highest BCUT2D eigenvalue weighted by Gasteiger charge is 2.45. The van der Waals surface area contributed by atoms with E-state index in [-0.39, 0.29) is 13.0 Å². The minimum Gasteiger partial charge on any atom is -0.497 e. The first-order valence-electron chi connectivity index (χ1n) is 12.0. The number of nitrogens with one attached hydrogen (secondary N) is 2. The maximum absolute atomic E-state index is 12.6. The van der Waals surface area contributed by atoms with Crippen LogP contribution in [0.2, 0.25) is 0 Å². The summed E-state index contributed by atoms with van der Waals surface area (Å²) in [5.74, 6) is 0.204. The second-order valence-electron chi connectivity index (χ2n) is 9.12. The molecule has 0 bridgehead atoms. The van der Waals surface area contributed by atoms with E-state index in [1.54, 1.807) is 24.1 Å². The van der Waals surface area contributed by atoms with Gasteiger partial charge in [-0.3, -0.25) is 14.2 Å². The van der Waals surface area contributed by atoms with Gasteiger partial charge in [-0.25, -0.2) is 15.0 Å². The van der Waals surface area contributed by atoms with E-state index in [1.807, 2.05) is 26.2 Å². The number of methoxy groups -OCH3 is 1. The van der Waals surface area contributed by atoms with Crippen molar-refractivity contribution in [3.8, 4) is 5.75 Å². The first-order chi connectivity index (χ1) is 18.2. The van der Waals surface area contributed by atoms with Gasteiger partial charge < -0.3 is 41.0 Å². The van der Waals surface area contributed by atoms with Crippen LogP contribution in [0.15, 0.2) is 36.9 Å². The number of carbonyl (C=O) groups excluding carboxylic acids is 2. The third kappa shape index (κ3) is 5.67. The number of imidazole rings is 1. The van der Waals surface area contributed by atoms with Crippen molar-refractivity contribution < 1.29 is 29.3 Å². The van der Waals surface area contributed by atoms with Crippen LogP contribution in [-0.4, -0.2) is 100 Å². The number of fused-ring (bicyclic) bond motifs is 1. The molecule has 0 spiro atoms. The Labute approximate surface area is 218 Å². The molecular weight excluding hydrogens is 496 g/mol. The molecule has 1 aliphatic rings. The van der Waals surface area contributed by atoms with Gasteiger partial charge in [0.15, 0.2) is 23.2 Å². The van der Waals surface area contributed by atoms with Crippen LogP contribution in [0.1, 0.15) is 11.8 Å². The lowest BCUT2D eigenvalue weighted by Gasteiger charge is -2.21. The van der Waals surface area contributed by atoms with E-state index in [0.29, 0.717) is 22.7 Å². The number of aromatic nitrogens is 4. The Bertz CT molecular complexity index is 1270. The molecule has 1 aliphatic heterocycles. The van der Waals surface area contributed by atoms with Crippen molar-refractivity contribution in [1.82, 2.24) is 30.2 Å². The number of nitrogens with zero attached hydrogens (tertiary/aromatic N) is 5. The molecule has 4 rings (SSSR count). The van der Waals surface area contributed by atoms with Crippen LogP contribution in [0.5, 0.6) is 5.75 Å². The van der Waals surface area contributed by atoms with Crippen molar-refractivity contribution in [3.05, 3.63) is 42.5 Å². The lowest BCUT2D eigenvalue weighted by Crippen LogP contribution is -2.52. The number of benzene rings is 1. The summed E-state index contributed by atoms with van der Waals surface area (Å²) in [7, 11) is 5.20. The first kappa shape index (κ1) is 27.2. The molecule has 3 aromatic rings. The van der Waals surface area contributed by atoms with Crippen molar-refractivity contribution in [1.29, 1.82) is 0 Å². The third-order valence-corrected chi connectivity index (χ3v) is 6.29. The van der Waals surface area contributed by atoms with Crippen LogP contribution in [0.3, 0.4) is 0 Å². The molecule has 3 heterocycles. The number of nitrogens with two attached hydrogens (primary N) is 1. The van der Waals surface area contributed by atoms with Crippen LogP contribution < -0.4 is 26.0 Å². The Morgan fingerprint density at radius 3 is 2.63 bits per heavy atom. The van der Waals surface area contributed by atoms with E-state index in [9.17, 15) is 19.8 Å². The quantitative estimate of drug-likeness (QED) is 0.202. The number of amides is 2. The normalized spacial score (nSPS) is 21.7. The van der Waals surface area contributed by atoms with Crippen LogP contribution >= 0.6 is 0 Å². The summed E-state index contributed by atoms with van der Waals surface area (Å²) < 4.78 is 12.5.